The summed E-state index contributed by atoms with van der Waals surface area (Å²) in [6.07, 6.45) is 1.89. The molecule has 0 spiro atoms. The monoisotopic (exact) mass is 780 g/mol. The number of urea groups is 1. The highest BCUT2D eigenvalue weighted by Crippen LogP contribution is 2.36. The molecule has 0 saturated carbocycles. The molecule has 55 heavy (non-hydrogen) atoms. The van der Waals surface area contributed by atoms with Gasteiger partial charge in [0.05, 0.1) is 41.9 Å². The first-order chi connectivity index (χ1) is 26.6. The molecule has 1 aromatic heterocycles. The number of rotatable bonds is 12. The number of benzene rings is 5. The molecule has 1 aliphatic rings. The third-order valence-corrected chi connectivity index (χ3v) is 9.23. The van der Waals surface area contributed by atoms with Crippen molar-refractivity contribution in [1.29, 1.82) is 0 Å². The van der Waals surface area contributed by atoms with Gasteiger partial charge >= 0.3 is 6.03 Å². The van der Waals surface area contributed by atoms with Crippen LogP contribution < -0.4 is 35.5 Å². The first kappa shape index (κ1) is 36.9. The minimum absolute atomic E-state index is 0.0208. The Kier molecular flexibility index (Phi) is 10.9. The molecule has 6 aromatic rings. The number of halogens is 3. The van der Waals surface area contributed by atoms with E-state index in [9.17, 15) is 18.8 Å². The molecule has 2 heterocycles. The number of nitrogens with zero attached hydrogens (tertiary/aromatic N) is 2. The normalized spacial score (nSPS) is 12.1. The molecule has 4 amide bonds. The van der Waals surface area contributed by atoms with E-state index in [4.69, 9.17) is 37.4 Å². The molecule has 7 rings (SSSR count). The molecule has 0 aliphatic carbocycles. The number of amides is 4. The first-order valence-electron chi connectivity index (χ1n) is 16.9. The average Bonchev–Trinajstić information content (AvgIpc) is 3.16. The molecule has 5 aromatic carbocycles. The van der Waals surface area contributed by atoms with Gasteiger partial charge in [-0.2, -0.15) is 0 Å². The van der Waals surface area contributed by atoms with Gasteiger partial charge in [-0.1, -0.05) is 59.6 Å². The van der Waals surface area contributed by atoms with Crippen LogP contribution in [0.1, 0.15) is 27.0 Å². The Bertz CT molecular complexity index is 2470. The Balaban J connectivity index is 0.942. The second-order valence-electron chi connectivity index (χ2n) is 12.3. The summed E-state index contributed by atoms with van der Waals surface area (Å²) < 4.78 is 32.3. The summed E-state index contributed by atoms with van der Waals surface area (Å²) >= 11 is 12.6. The molecule has 0 fully saturated rings. The zero-order valence-electron chi connectivity index (χ0n) is 29.0. The summed E-state index contributed by atoms with van der Waals surface area (Å²) in [5.41, 5.74) is 3.66. The molecule has 0 unspecified atom stereocenters. The lowest BCUT2D eigenvalue weighted by Crippen LogP contribution is -2.37. The number of aromatic nitrogens is 2. The van der Waals surface area contributed by atoms with E-state index < -0.39 is 17.8 Å². The fourth-order valence-corrected chi connectivity index (χ4v) is 6.39. The maximum atomic E-state index is 14.6. The minimum Gasteiger partial charge on any atom is -0.493 e. The van der Waals surface area contributed by atoms with Crippen molar-refractivity contribution in [2.45, 2.75) is 19.4 Å². The van der Waals surface area contributed by atoms with Crippen LogP contribution in [0.3, 0.4) is 0 Å². The molecule has 278 valence electrons. The predicted molar refractivity (Wildman–Crippen MR) is 206 cm³/mol. The van der Waals surface area contributed by atoms with Crippen LogP contribution in [0.5, 0.6) is 23.0 Å². The molecular formula is C40H31Cl2FN6O6. The Morgan fingerprint density at radius 3 is 2.58 bits per heavy atom. The first-order valence-corrected chi connectivity index (χ1v) is 17.6. The molecular weight excluding hydrogens is 750 g/mol. The fraction of sp³-hybridized carbons (Fsp3) is 0.125. The van der Waals surface area contributed by atoms with Gasteiger partial charge in [0.2, 0.25) is 5.91 Å². The van der Waals surface area contributed by atoms with Crippen molar-refractivity contribution in [3.8, 4) is 23.0 Å². The van der Waals surface area contributed by atoms with Crippen molar-refractivity contribution in [1.82, 2.24) is 20.6 Å². The molecule has 0 bridgehead atoms. The number of methoxy groups -OCH3 is 1. The smallest absolute Gasteiger partial charge is 0.319 e. The van der Waals surface area contributed by atoms with E-state index >= 15 is 0 Å². The summed E-state index contributed by atoms with van der Waals surface area (Å²) in [6, 6.07) is 25.0. The van der Waals surface area contributed by atoms with Crippen molar-refractivity contribution < 1.29 is 33.0 Å². The lowest BCUT2D eigenvalue weighted by atomic mass is 9.99. The van der Waals surface area contributed by atoms with Crippen molar-refractivity contribution in [3.05, 3.63) is 135 Å². The van der Waals surface area contributed by atoms with Crippen LogP contribution in [-0.2, 0) is 24.2 Å². The molecule has 0 atom stereocenters. The zero-order chi connectivity index (χ0) is 38.5. The molecule has 15 heteroatoms. The number of nitrogens with one attached hydrogen (secondary N) is 4. The predicted octanol–water partition coefficient (Wildman–Crippen LogP) is 8.38. The number of fused-ring (bicyclic) bond motifs is 2. The van der Waals surface area contributed by atoms with Crippen LogP contribution in [0.2, 0.25) is 10.0 Å². The summed E-state index contributed by atoms with van der Waals surface area (Å²) in [5, 5.41) is 11.9. The van der Waals surface area contributed by atoms with Crippen LogP contribution in [0.15, 0.2) is 97.3 Å². The third kappa shape index (κ3) is 8.53. The van der Waals surface area contributed by atoms with Gasteiger partial charge in [-0.05, 0) is 65.2 Å². The highest BCUT2D eigenvalue weighted by Gasteiger charge is 2.26. The van der Waals surface area contributed by atoms with Crippen molar-refractivity contribution in [2.75, 3.05) is 24.4 Å². The van der Waals surface area contributed by atoms with Crippen LogP contribution in [0, 0.1) is 5.82 Å². The van der Waals surface area contributed by atoms with Gasteiger partial charge < -0.3 is 30.2 Å². The minimum atomic E-state index is -0.602. The van der Waals surface area contributed by atoms with E-state index in [1.54, 1.807) is 78.9 Å². The van der Waals surface area contributed by atoms with E-state index in [2.05, 4.69) is 31.2 Å². The molecule has 1 aliphatic heterocycles. The second-order valence-corrected chi connectivity index (χ2v) is 13.1. The van der Waals surface area contributed by atoms with Gasteiger partial charge in [0.15, 0.2) is 17.3 Å². The number of anilines is 3. The van der Waals surface area contributed by atoms with E-state index in [-0.39, 0.29) is 36.2 Å². The number of imide groups is 1. The standard InChI is InChI=1S/C40H31Cl2FN6O6/c1-53-33-19-31-27(38(46-21-45-31)48-30-9-4-8-28(41)37(30)43)18-34(33)54-14-13-23-11-12-25(17-29(23)42)47-40(52)44-20-22-5-2-7-26(15-22)55-32-10-3-6-24-16-35(50)49-39(51)36(24)32/h2-12,15,17-19,21H,13-14,16,20H2,1H3,(H2,44,47,52)(H,45,46,48)(H,49,50,51). The fourth-order valence-electron chi connectivity index (χ4n) is 5.94. The molecule has 0 saturated heterocycles. The Hall–Kier alpha value is -6.44. The van der Waals surface area contributed by atoms with E-state index in [0.717, 1.165) is 11.1 Å². The number of hydrogen-bond donors (Lipinski definition) is 4. The van der Waals surface area contributed by atoms with Gasteiger partial charge in [-0.25, -0.2) is 19.2 Å². The highest BCUT2D eigenvalue weighted by molar-refractivity contribution is 6.31. The van der Waals surface area contributed by atoms with Gasteiger partial charge in [-0.3, -0.25) is 14.9 Å². The zero-order valence-corrected chi connectivity index (χ0v) is 30.6. The largest absolute Gasteiger partial charge is 0.493 e. The van der Waals surface area contributed by atoms with Crippen molar-refractivity contribution >= 4 is 69.1 Å². The molecule has 4 N–H and O–H groups in total. The highest BCUT2D eigenvalue weighted by atomic mass is 35.5. The topological polar surface area (TPSA) is 153 Å². The maximum absolute atomic E-state index is 14.6. The summed E-state index contributed by atoms with van der Waals surface area (Å²) in [7, 11) is 1.52. The summed E-state index contributed by atoms with van der Waals surface area (Å²) in [5.74, 6) is 0.552. The Labute approximate surface area is 323 Å². The second kappa shape index (κ2) is 16.3. The average molecular weight is 782 g/mol. The van der Waals surface area contributed by atoms with Crippen LogP contribution in [0.25, 0.3) is 10.9 Å². The van der Waals surface area contributed by atoms with Crippen molar-refractivity contribution in [2.24, 2.45) is 0 Å². The lowest BCUT2D eigenvalue weighted by molar-refractivity contribution is -0.119. The third-order valence-electron chi connectivity index (χ3n) is 8.59. The van der Waals surface area contributed by atoms with Gasteiger partial charge in [0, 0.05) is 35.1 Å². The van der Waals surface area contributed by atoms with Crippen molar-refractivity contribution in [3.63, 3.8) is 0 Å². The maximum Gasteiger partial charge on any atom is 0.319 e. The van der Waals surface area contributed by atoms with Gasteiger partial charge in [-0.15, -0.1) is 0 Å². The Morgan fingerprint density at radius 2 is 1.75 bits per heavy atom. The quantitative estimate of drug-likeness (QED) is 0.0898. The van der Waals surface area contributed by atoms with Crippen LogP contribution in [0.4, 0.5) is 26.4 Å². The van der Waals surface area contributed by atoms with E-state index in [1.807, 2.05) is 6.07 Å². The SMILES string of the molecule is COc1cc2ncnc(Nc3cccc(Cl)c3F)c2cc1OCCc1ccc(NC(=O)NCc2cccc(Oc3cccc4c3C(=O)NC(=O)C4)c2)cc1Cl. The van der Waals surface area contributed by atoms with Crippen LogP contribution in [-0.4, -0.2) is 41.5 Å². The van der Waals surface area contributed by atoms with Gasteiger partial charge in [0.25, 0.3) is 5.91 Å². The number of hydrogen-bond acceptors (Lipinski definition) is 9. The van der Waals surface area contributed by atoms with Crippen LogP contribution >= 0.6 is 23.2 Å². The number of carbonyl (C=O) groups is 3. The van der Waals surface area contributed by atoms with E-state index in [1.165, 1.54) is 19.5 Å². The summed E-state index contributed by atoms with van der Waals surface area (Å²) in [6.45, 7) is 0.421. The number of ether oxygens (including phenoxy) is 3. The van der Waals surface area contributed by atoms with Gasteiger partial charge in [0.1, 0.15) is 23.6 Å². The number of carbonyl (C=O) groups excluding carboxylic acids is 3. The summed E-state index contributed by atoms with van der Waals surface area (Å²) in [4.78, 5) is 45.6. The molecule has 12 nitrogen and oxygen atoms in total. The molecule has 0 radical (unpaired) electrons. The van der Waals surface area contributed by atoms with E-state index in [0.29, 0.717) is 68.0 Å². The Morgan fingerprint density at radius 1 is 0.909 bits per heavy atom. The lowest BCUT2D eigenvalue weighted by Gasteiger charge is -2.18.